The van der Waals surface area contributed by atoms with Crippen LogP contribution in [-0.2, 0) is 0 Å². The average Bonchev–Trinajstić information content (AvgIpc) is 2.41. The van der Waals surface area contributed by atoms with Crippen LogP contribution in [0.3, 0.4) is 0 Å². The van der Waals surface area contributed by atoms with Crippen LogP contribution in [0.25, 0.3) is 0 Å². The van der Waals surface area contributed by atoms with Crippen molar-refractivity contribution in [1.29, 1.82) is 0 Å². The summed E-state index contributed by atoms with van der Waals surface area (Å²) in [4.78, 5) is 0. The van der Waals surface area contributed by atoms with E-state index in [1.165, 1.54) is 11.5 Å². The van der Waals surface area contributed by atoms with Gasteiger partial charge in [-0.05, 0) is 24.5 Å². The molecule has 0 radical (unpaired) electrons. The van der Waals surface area contributed by atoms with Crippen molar-refractivity contribution in [1.82, 2.24) is 4.37 Å². The molecule has 0 saturated carbocycles. The molecule has 1 aromatic heterocycles. The fourth-order valence-corrected chi connectivity index (χ4v) is 0.992. The second kappa shape index (κ2) is 6.39. The molecule has 0 atom stereocenters. The summed E-state index contributed by atoms with van der Waals surface area (Å²) in [6, 6.07) is 1.85. The van der Waals surface area contributed by atoms with Crippen LogP contribution in [0.2, 0.25) is 0 Å². The summed E-state index contributed by atoms with van der Waals surface area (Å²) >= 11 is 1.39. The van der Waals surface area contributed by atoms with Crippen LogP contribution in [0.5, 0.6) is 5.88 Å². The van der Waals surface area contributed by atoms with Crippen LogP contribution in [0, 0.1) is 0 Å². The molecule has 0 aliphatic rings. The smallest absolute Gasteiger partial charge is 0.225 e. The van der Waals surface area contributed by atoms with Crippen LogP contribution in [0.4, 0.5) is 0 Å². The lowest BCUT2D eigenvalue weighted by Crippen LogP contribution is -2.05. The van der Waals surface area contributed by atoms with Crippen molar-refractivity contribution in [2.75, 3.05) is 13.2 Å². The summed E-state index contributed by atoms with van der Waals surface area (Å²) in [5.41, 5.74) is 5.27. The molecule has 3 nitrogen and oxygen atoms in total. The molecule has 1 heterocycles. The van der Waals surface area contributed by atoms with Crippen LogP contribution >= 0.6 is 23.9 Å². The zero-order chi connectivity index (χ0) is 7.23. The third kappa shape index (κ3) is 4.19. The van der Waals surface area contributed by atoms with E-state index in [0.717, 1.165) is 6.42 Å². The van der Waals surface area contributed by atoms with Gasteiger partial charge in [0, 0.05) is 11.4 Å². The Hall–Kier alpha value is -0.320. The molecule has 2 N–H and O–H groups in total. The first kappa shape index (κ1) is 10.7. The molecule has 0 bridgehead atoms. The van der Waals surface area contributed by atoms with Gasteiger partial charge in [-0.1, -0.05) is 0 Å². The van der Waals surface area contributed by atoms with Crippen LogP contribution in [0.15, 0.2) is 11.4 Å². The molecule has 0 saturated heterocycles. The first-order valence-corrected chi connectivity index (χ1v) is 4.00. The summed E-state index contributed by atoms with van der Waals surface area (Å²) in [5, 5.41) is 1.89. The van der Waals surface area contributed by atoms with Crippen LogP contribution in [-0.4, -0.2) is 17.5 Å². The minimum Gasteiger partial charge on any atom is -0.477 e. The first-order chi connectivity index (χ1) is 4.93. The van der Waals surface area contributed by atoms with Gasteiger partial charge in [0.15, 0.2) is 0 Å². The van der Waals surface area contributed by atoms with E-state index < -0.39 is 0 Å². The molecule has 0 spiro atoms. The molecular weight excluding hydrogens is 184 g/mol. The SMILES string of the molecule is Cl.NCCCOc1ccsn1. The largest absolute Gasteiger partial charge is 0.477 e. The number of hydrogen-bond acceptors (Lipinski definition) is 4. The molecule has 11 heavy (non-hydrogen) atoms. The van der Waals surface area contributed by atoms with Crippen LogP contribution in [0.1, 0.15) is 6.42 Å². The number of rotatable bonds is 4. The van der Waals surface area contributed by atoms with E-state index in [0.29, 0.717) is 19.0 Å². The molecule has 0 aliphatic carbocycles. The van der Waals surface area contributed by atoms with E-state index in [1.807, 2.05) is 11.4 Å². The predicted octanol–water partition coefficient (Wildman–Crippen LogP) is 1.29. The highest BCUT2D eigenvalue weighted by atomic mass is 35.5. The van der Waals surface area contributed by atoms with E-state index in [4.69, 9.17) is 10.5 Å². The molecule has 0 aromatic carbocycles. The normalized spacial score (nSPS) is 8.82. The van der Waals surface area contributed by atoms with Crippen molar-refractivity contribution in [2.24, 2.45) is 5.73 Å². The summed E-state index contributed by atoms with van der Waals surface area (Å²) in [7, 11) is 0. The second-order valence-corrected chi connectivity index (χ2v) is 2.49. The number of halogens is 1. The molecule has 0 amide bonds. The van der Waals surface area contributed by atoms with E-state index in [1.54, 1.807) is 0 Å². The van der Waals surface area contributed by atoms with Gasteiger partial charge in [-0.2, -0.15) is 4.37 Å². The molecule has 5 heteroatoms. The van der Waals surface area contributed by atoms with E-state index in [9.17, 15) is 0 Å². The number of nitrogens with zero attached hydrogens (tertiary/aromatic N) is 1. The highest BCUT2D eigenvalue weighted by molar-refractivity contribution is 7.03. The molecule has 1 rings (SSSR count). The zero-order valence-corrected chi connectivity index (χ0v) is 7.66. The van der Waals surface area contributed by atoms with E-state index in [-0.39, 0.29) is 12.4 Å². The highest BCUT2D eigenvalue weighted by Crippen LogP contribution is 2.08. The minimum absolute atomic E-state index is 0. The molecule has 1 aromatic rings. The third-order valence-corrected chi connectivity index (χ3v) is 1.56. The maximum atomic E-state index is 5.27. The lowest BCUT2D eigenvalue weighted by molar-refractivity contribution is 0.304. The van der Waals surface area contributed by atoms with Crippen molar-refractivity contribution < 1.29 is 4.74 Å². The van der Waals surface area contributed by atoms with Crippen molar-refractivity contribution in [3.63, 3.8) is 0 Å². The topological polar surface area (TPSA) is 48.1 Å². The fraction of sp³-hybridized carbons (Fsp3) is 0.500. The Kier molecular flexibility index (Phi) is 6.21. The molecule has 0 aliphatic heterocycles. The van der Waals surface area contributed by atoms with Gasteiger partial charge >= 0.3 is 0 Å². The third-order valence-electron chi connectivity index (χ3n) is 1.01. The summed E-state index contributed by atoms with van der Waals surface area (Å²) < 4.78 is 9.17. The van der Waals surface area contributed by atoms with E-state index in [2.05, 4.69) is 4.37 Å². The minimum atomic E-state index is 0. The maximum Gasteiger partial charge on any atom is 0.225 e. The van der Waals surface area contributed by atoms with Gasteiger partial charge in [0.05, 0.1) is 6.61 Å². The highest BCUT2D eigenvalue weighted by Gasteiger charge is 1.92. The Bertz CT molecular complexity index is 169. The Labute approximate surface area is 76.1 Å². The summed E-state index contributed by atoms with van der Waals surface area (Å²) in [6.45, 7) is 1.34. The van der Waals surface area contributed by atoms with E-state index >= 15 is 0 Å². The van der Waals surface area contributed by atoms with Gasteiger partial charge in [-0.25, -0.2) is 0 Å². The van der Waals surface area contributed by atoms with Gasteiger partial charge < -0.3 is 10.5 Å². The quantitative estimate of drug-likeness (QED) is 0.735. The molecule has 0 fully saturated rings. The lowest BCUT2D eigenvalue weighted by Gasteiger charge is -1.98. The number of ether oxygens (including phenoxy) is 1. The average molecular weight is 195 g/mol. The van der Waals surface area contributed by atoms with Gasteiger partial charge in [0.1, 0.15) is 0 Å². The molecule has 0 unspecified atom stereocenters. The zero-order valence-electron chi connectivity index (χ0n) is 6.03. The summed E-state index contributed by atoms with van der Waals surface area (Å²) in [5.74, 6) is 0.707. The Morgan fingerprint density at radius 3 is 3.00 bits per heavy atom. The monoisotopic (exact) mass is 194 g/mol. The number of nitrogens with two attached hydrogens (primary N) is 1. The second-order valence-electron chi connectivity index (χ2n) is 1.83. The Balaban J connectivity index is 0.000001000. The molecule has 64 valence electrons. The van der Waals surface area contributed by atoms with Crippen molar-refractivity contribution in [2.45, 2.75) is 6.42 Å². The standard InChI is InChI=1S/C6H10N2OS.ClH/c7-3-1-4-9-6-2-5-10-8-6;/h2,5H,1,3-4,7H2;1H. The Morgan fingerprint density at radius 1 is 1.64 bits per heavy atom. The van der Waals surface area contributed by atoms with Crippen LogP contribution < -0.4 is 10.5 Å². The van der Waals surface area contributed by atoms with Gasteiger partial charge in [0.25, 0.3) is 0 Å². The lowest BCUT2D eigenvalue weighted by atomic mass is 10.5. The fourth-order valence-electron chi connectivity index (χ4n) is 0.536. The van der Waals surface area contributed by atoms with Gasteiger partial charge in [0.2, 0.25) is 5.88 Å². The van der Waals surface area contributed by atoms with Crippen molar-refractivity contribution >= 4 is 23.9 Å². The number of hydrogen-bond donors (Lipinski definition) is 1. The number of aromatic nitrogens is 1. The van der Waals surface area contributed by atoms with Crippen molar-refractivity contribution in [3.8, 4) is 5.88 Å². The predicted molar refractivity (Wildman–Crippen MR) is 48.5 cm³/mol. The maximum absolute atomic E-state index is 5.27. The van der Waals surface area contributed by atoms with Gasteiger partial charge in [-0.3, -0.25) is 0 Å². The first-order valence-electron chi connectivity index (χ1n) is 3.16. The van der Waals surface area contributed by atoms with Crippen molar-refractivity contribution in [3.05, 3.63) is 11.4 Å². The summed E-state index contributed by atoms with van der Waals surface area (Å²) in [6.07, 6.45) is 0.886. The van der Waals surface area contributed by atoms with Gasteiger partial charge in [-0.15, -0.1) is 12.4 Å². The molecular formula is C6H11ClN2OS. The Morgan fingerprint density at radius 2 is 2.45 bits per heavy atom.